The molecule has 0 spiro atoms. The molecule has 0 aliphatic heterocycles. The van der Waals surface area contributed by atoms with Crippen molar-refractivity contribution in [3.63, 3.8) is 0 Å². The minimum atomic E-state index is -3.66. The molecule has 0 aliphatic carbocycles. The summed E-state index contributed by atoms with van der Waals surface area (Å²) >= 11 is 0. The zero-order chi connectivity index (χ0) is 21.0. The van der Waals surface area contributed by atoms with Gasteiger partial charge in [-0.1, -0.05) is 42.5 Å². The third-order valence-electron chi connectivity index (χ3n) is 4.37. The largest absolute Gasteiger partial charge is 0.452 e. The molecule has 0 unspecified atom stereocenters. The third kappa shape index (κ3) is 4.61. The van der Waals surface area contributed by atoms with E-state index in [9.17, 15) is 18.0 Å². The van der Waals surface area contributed by atoms with Gasteiger partial charge >= 0.3 is 5.97 Å². The lowest BCUT2D eigenvalue weighted by atomic mass is 10.1. The van der Waals surface area contributed by atoms with Gasteiger partial charge in [0.05, 0.1) is 10.5 Å². The van der Waals surface area contributed by atoms with Crippen LogP contribution in [0.5, 0.6) is 0 Å². The summed E-state index contributed by atoms with van der Waals surface area (Å²) < 4.78 is 31.5. The fourth-order valence-corrected chi connectivity index (χ4v) is 3.88. The number of carbonyl (C=O) groups excluding carboxylic acids is 2. The van der Waals surface area contributed by atoms with Gasteiger partial charge in [-0.2, -0.15) is 0 Å². The Bertz CT molecular complexity index is 1180. The number of fused-ring (bicyclic) bond motifs is 1. The highest BCUT2D eigenvalue weighted by Gasteiger charge is 2.17. The van der Waals surface area contributed by atoms with E-state index in [4.69, 9.17) is 4.74 Å². The summed E-state index contributed by atoms with van der Waals surface area (Å²) in [5.74, 6) is -1.19. The van der Waals surface area contributed by atoms with Gasteiger partial charge in [-0.05, 0) is 48.5 Å². The number of esters is 1. The molecule has 0 aliphatic rings. The van der Waals surface area contributed by atoms with E-state index in [-0.39, 0.29) is 10.6 Å². The summed E-state index contributed by atoms with van der Waals surface area (Å²) in [5, 5.41) is 4.17. The number of rotatable bonds is 6. The van der Waals surface area contributed by atoms with Crippen LogP contribution >= 0.6 is 0 Å². The second kappa shape index (κ2) is 8.42. The Kier molecular flexibility index (Phi) is 5.95. The molecule has 0 fully saturated rings. The van der Waals surface area contributed by atoms with E-state index >= 15 is 0 Å². The highest BCUT2D eigenvalue weighted by Crippen LogP contribution is 2.21. The molecule has 0 radical (unpaired) electrons. The summed E-state index contributed by atoms with van der Waals surface area (Å²) in [7, 11) is -2.34. The number of sulfonamides is 1. The van der Waals surface area contributed by atoms with Crippen LogP contribution in [-0.2, 0) is 19.6 Å². The van der Waals surface area contributed by atoms with Crippen molar-refractivity contribution in [2.24, 2.45) is 0 Å². The van der Waals surface area contributed by atoms with Gasteiger partial charge in [0.15, 0.2) is 6.61 Å². The summed E-state index contributed by atoms with van der Waals surface area (Å²) in [6, 6.07) is 17.2. The number of hydrogen-bond acceptors (Lipinski definition) is 5. The van der Waals surface area contributed by atoms with E-state index in [0.29, 0.717) is 11.1 Å². The molecule has 8 heteroatoms. The van der Waals surface area contributed by atoms with Gasteiger partial charge in [0, 0.05) is 5.69 Å². The Hall–Kier alpha value is -3.23. The quantitative estimate of drug-likeness (QED) is 0.606. The van der Waals surface area contributed by atoms with Crippen molar-refractivity contribution >= 4 is 38.4 Å². The van der Waals surface area contributed by atoms with Crippen LogP contribution in [0.1, 0.15) is 15.9 Å². The van der Waals surface area contributed by atoms with Crippen LogP contribution in [0, 0.1) is 6.92 Å². The highest BCUT2D eigenvalue weighted by atomic mass is 32.2. The fraction of sp³-hybridized carbons (Fsp3) is 0.143. The molecule has 3 aromatic carbocycles. The third-order valence-corrected chi connectivity index (χ3v) is 5.93. The zero-order valence-electron chi connectivity index (χ0n) is 15.9. The summed E-state index contributed by atoms with van der Waals surface area (Å²) in [5.41, 5.74) is 1.20. The van der Waals surface area contributed by atoms with E-state index in [0.717, 1.165) is 10.8 Å². The van der Waals surface area contributed by atoms with Crippen LogP contribution in [0.25, 0.3) is 10.8 Å². The number of amides is 1. The normalized spacial score (nSPS) is 11.2. The minimum Gasteiger partial charge on any atom is -0.452 e. The first-order valence-corrected chi connectivity index (χ1v) is 10.3. The smallest absolute Gasteiger partial charge is 0.339 e. The molecule has 3 rings (SSSR count). The van der Waals surface area contributed by atoms with Crippen LogP contribution in [0.4, 0.5) is 5.69 Å². The molecule has 150 valence electrons. The van der Waals surface area contributed by atoms with Crippen molar-refractivity contribution < 1.29 is 22.7 Å². The average molecular weight is 412 g/mol. The van der Waals surface area contributed by atoms with E-state index in [2.05, 4.69) is 10.0 Å². The second-order valence-corrected chi connectivity index (χ2v) is 8.19. The predicted octanol–water partition coefficient (Wildman–Crippen LogP) is 2.85. The van der Waals surface area contributed by atoms with Crippen LogP contribution < -0.4 is 10.0 Å². The first kappa shape index (κ1) is 20.5. The molecule has 7 nitrogen and oxygen atoms in total. The molecule has 0 atom stereocenters. The number of hydrogen-bond donors (Lipinski definition) is 2. The van der Waals surface area contributed by atoms with Gasteiger partial charge in [-0.15, -0.1) is 0 Å². The van der Waals surface area contributed by atoms with Crippen molar-refractivity contribution in [3.8, 4) is 0 Å². The maximum Gasteiger partial charge on any atom is 0.339 e. The van der Waals surface area contributed by atoms with Gasteiger partial charge in [0.2, 0.25) is 10.0 Å². The number of aryl methyl sites for hydroxylation is 1. The molecular weight excluding hydrogens is 392 g/mol. The molecule has 3 aromatic rings. The molecule has 0 saturated carbocycles. The van der Waals surface area contributed by atoms with Gasteiger partial charge in [-0.3, -0.25) is 4.79 Å². The Balaban J connectivity index is 1.69. The maximum atomic E-state index is 12.4. The number of ether oxygens (including phenoxy) is 1. The Morgan fingerprint density at radius 2 is 1.72 bits per heavy atom. The first-order valence-electron chi connectivity index (χ1n) is 8.81. The Morgan fingerprint density at radius 3 is 2.48 bits per heavy atom. The summed E-state index contributed by atoms with van der Waals surface area (Å²) in [6.07, 6.45) is 0. The number of anilines is 1. The Morgan fingerprint density at radius 1 is 1.00 bits per heavy atom. The van der Waals surface area contributed by atoms with Gasteiger partial charge < -0.3 is 10.1 Å². The van der Waals surface area contributed by atoms with Crippen LogP contribution in [-0.4, -0.2) is 33.9 Å². The zero-order valence-corrected chi connectivity index (χ0v) is 16.7. The average Bonchev–Trinajstić information content (AvgIpc) is 2.72. The topological polar surface area (TPSA) is 102 Å². The predicted molar refractivity (Wildman–Crippen MR) is 110 cm³/mol. The molecule has 0 aromatic heterocycles. The van der Waals surface area contributed by atoms with Crippen molar-refractivity contribution in [1.29, 1.82) is 0 Å². The van der Waals surface area contributed by atoms with Gasteiger partial charge in [0.25, 0.3) is 5.91 Å². The molecule has 29 heavy (non-hydrogen) atoms. The van der Waals surface area contributed by atoms with Crippen molar-refractivity contribution in [1.82, 2.24) is 4.72 Å². The SMILES string of the molecule is CNS(=O)(=O)c1cc(NC(=O)COC(=O)c2cccc3ccccc23)ccc1C. The lowest BCUT2D eigenvalue weighted by molar-refractivity contribution is -0.119. The van der Waals surface area contributed by atoms with Crippen molar-refractivity contribution in [2.75, 3.05) is 19.0 Å². The maximum absolute atomic E-state index is 12.4. The molecule has 0 saturated heterocycles. The van der Waals surface area contributed by atoms with Crippen LogP contribution in [0.2, 0.25) is 0 Å². The second-order valence-electron chi connectivity index (χ2n) is 6.34. The molecule has 2 N–H and O–H groups in total. The van der Waals surface area contributed by atoms with Crippen LogP contribution in [0.15, 0.2) is 65.6 Å². The molecule has 0 bridgehead atoms. The van der Waals surface area contributed by atoms with E-state index in [1.807, 2.05) is 30.3 Å². The fourth-order valence-electron chi connectivity index (χ4n) is 2.89. The summed E-state index contributed by atoms with van der Waals surface area (Å²) in [6.45, 7) is 1.16. The van der Waals surface area contributed by atoms with E-state index in [1.54, 1.807) is 31.2 Å². The number of benzene rings is 3. The van der Waals surface area contributed by atoms with Gasteiger partial charge in [0.1, 0.15) is 0 Å². The summed E-state index contributed by atoms with van der Waals surface area (Å²) in [4.78, 5) is 24.6. The minimum absolute atomic E-state index is 0.0607. The van der Waals surface area contributed by atoms with Crippen LogP contribution in [0.3, 0.4) is 0 Å². The van der Waals surface area contributed by atoms with Crippen molar-refractivity contribution in [2.45, 2.75) is 11.8 Å². The van der Waals surface area contributed by atoms with Gasteiger partial charge in [-0.25, -0.2) is 17.9 Å². The molecular formula is C21H20N2O5S. The number of carbonyl (C=O) groups is 2. The molecule has 1 amide bonds. The highest BCUT2D eigenvalue weighted by molar-refractivity contribution is 7.89. The monoisotopic (exact) mass is 412 g/mol. The van der Waals surface area contributed by atoms with Crippen molar-refractivity contribution in [3.05, 3.63) is 71.8 Å². The number of nitrogens with one attached hydrogen (secondary N) is 2. The van der Waals surface area contributed by atoms with E-state index in [1.165, 1.54) is 13.1 Å². The molecule has 0 heterocycles. The Labute approximate surface area is 168 Å². The lowest BCUT2D eigenvalue weighted by Crippen LogP contribution is -2.22. The first-order chi connectivity index (χ1) is 13.8. The van der Waals surface area contributed by atoms with E-state index < -0.39 is 28.5 Å². The standard InChI is InChI=1S/C21H20N2O5S/c1-14-10-11-16(12-19(14)29(26,27)22-2)23-20(24)13-28-21(25)18-9-5-7-15-6-3-4-8-17(15)18/h3-12,22H,13H2,1-2H3,(H,23,24). The lowest BCUT2D eigenvalue weighted by Gasteiger charge is -2.11.